The average Bonchev–Trinajstić information content (AvgIpc) is 2.37. The number of aryl methyl sites for hydroxylation is 2. The molecule has 1 aromatic rings. The third kappa shape index (κ3) is 4.62. The molecule has 0 saturated carbocycles. The number of sulfonamides is 1. The highest BCUT2D eigenvalue weighted by atomic mass is 32.2. The minimum absolute atomic E-state index is 0.0434. The maximum atomic E-state index is 12.2. The van der Waals surface area contributed by atoms with E-state index in [-0.39, 0.29) is 22.8 Å². The van der Waals surface area contributed by atoms with Crippen LogP contribution in [0.15, 0.2) is 17.0 Å². The minimum atomic E-state index is -3.82. The van der Waals surface area contributed by atoms with Crippen molar-refractivity contribution in [2.75, 3.05) is 18.1 Å². The van der Waals surface area contributed by atoms with Gasteiger partial charge in [-0.05, 0) is 31.0 Å². The Kier molecular flexibility index (Phi) is 6.06. The van der Waals surface area contributed by atoms with Crippen LogP contribution in [0, 0.1) is 13.8 Å². The lowest BCUT2D eigenvalue weighted by Crippen LogP contribution is -2.29. The Morgan fingerprint density at radius 3 is 2.43 bits per heavy atom. The Labute approximate surface area is 127 Å². The molecule has 0 aliphatic heterocycles. The molecule has 0 amide bonds. The van der Waals surface area contributed by atoms with Crippen LogP contribution in [0.5, 0.6) is 0 Å². The van der Waals surface area contributed by atoms with E-state index in [0.29, 0.717) is 16.9 Å². The topological polar surface area (TPSA) is 101 Å². The zero-order valence-electron chi connectivity index (χ0n) is 12.2. The van der Waals surface area contributed by atoms with Crippen LogP contribution >= 0.6 is 0 Å². The number of hydrogen-bond donors (Lipinski definition) is 2. The molecule has 0 aliphatic carbocycles. The Bertz CT molecular complexity index is 667. The molecule has 1 unspecified atom stereocenters. The number of rotatable bonds is 7. The minimum Gasteiger partial charge on any atom is -0.478 e. The lowest BCUT2D eigenvalue weighted by atomic mass is 10.1. The van der Waals surface area contributed by atoms with E-state index >= 15 is 0 Å². The van der Waals surface area contributed by atoms with Crippen LogP contribution in [-0.2, 0) is 20.8 Å². The van der Waals surface area contributed by atoms with Crippen molar-refractivity contribution in [2.24, 2.45) is 0 Å². The molecule has 0 saturated heterocycles. The van der Waals surface area contributed by atoms with E-state index in [1.54, 1.807) is 20.8 Å². The van der Waals surface area contributed by atoms with Crippen LogP contribution < -0.4 is 4.72 Å². The second-order valence-corrected chi connectivity index (χ2v) is 8.17. The quantitative estimate of drug-likeness (QED) is 0.777. The predicted molar refractivity (Wildman–Crippen MR) is 81.6 cm³/mol. The maximum absolute atomic E-state index is 12.2. The predicted octanol–water partition coefficient (Wildman–Crippen LogP) is 1.05. The van der Waals surface area contributed by atoms with E-state index in [0.717, 1.165) is 6.07 Å². The first-order chi connectivity index (χ1) is 9.69. The van der Waals surface area contributed by atoms with Gasteiger partial charge >= 0.3 is 5.97 Å². The zero-order valence-corrected chi connectivity index (χ0v) is 13.8. The van der Waals surface area contributed by atoms with E-state index in [2.05, 4.69) is 4.72 Å². The van der Waals surface area contributed by atoms with Gasteiger partial charge in [-0.25, -0.2) is 17.9 Å². The molecule has 0 aliphatic rings. The summed E-state index contributed by atoms with van der Waals surface area (Å²) in [6, 6.07) is 2.69. The highest BCUT2D eigenvalue weighted by molar-refractivity contribution is 7.89. The largest absolute Gasteiger partial charge is 0.478 e. The Balaban J connectivity index is 3.05. The van der Waals surface area contributed by atoms with Crippen LogP contribution in [-0.4, -0.2) is 41.8 Å². The molecule has 1 aromatic carbocycles. The monoisotopic (exact) mass is 333 g/mol. The summed E-state index contributed by atoms with van der Waals surface area (Å²) in [6.07, 6.45) is 0. The first kappa shape index (κ1) is 17.8. The summed E-state index contributed by atoms with van der Waals surface area (Å²) < 4.78 is 38.1. The molecule has 21 heavy (non-hydrogen) atoms. The molecular weight excluding hydrogens is 314 g/mol. The van der Waals surface area contributed by atoms with Crippen LogP contribution in [0.25, 0.3) is 0 Å². The zero-order chi connectivity index (χ0) is 16.2. The number of carbonyl (C=O) groups is 1. The fourth-order valence-electron chi connectivity index (χ4n) is 1.86. The molecule has 0 spiro atoms. The van der Waals surface area contributed by atoms with E-state index in [9.17, 15) is 17.4 Å². The molecule has 118 valence electrons. The van der Waals surface area contributed by atoms with Gasteiger partial charge in [0.05, 0.1) is 10.5 Å². The summed E-state index contributed by atoms with van der Waals surface area (Å²) in [5.41, 5.74) is 0.936. The van der Waals surface area contributed by atoms with Gasteiger partial charge in [-0.15, -0.1) is 0 Å². The number of aromatic carboxylic acids is 1. The summed E-state index contributed by atoms with van der Waals surface area (Å²) in [7, 11) is -4.88. The SMILES string of the molecule is CCS(=O)CCNS(=O)(=O)c1cc(C(=O)O)c(C)cc1C. The Hall–Kier alpha value is -1.25. The molecule has 1 atom stereocenters. The smallest absolute Gasteiger partial charge is 0.335 e. The fourth-order valence-corrected chi connectivity index (χ4v) is 3.89. The molecule has 6 nitrogen and oxygen atoms in total. The van der Waals surface area contributed by atoms with E-state index in [1.807, 2.05) is 0 Å². The Morgan fingerprint density at radius 1 is 1.29 bits per heavy atom. The van der Waals surface area contributed by atoms with Crippen molar-refractivity contribution < 1.29 is 22.5 Å². The van der Waals surface area contributed by atoms with Crippen LogP contribution in [0.3, 0.4) is 0 Å². The molecule has 0 bridgehead atoms. The third-order valence-corrected chi connectivity index (χ3v) is 5.89. The van der Waals surface area contributed by atoms with Crippen LogP contribution in [0.1, 0.15) is 28.4 Å². The van der Waals surface area contributed by atoms with Gasteiger partial charge in [-0.3, -0.25) is 4.21 Å². The number of carboxylic acid groups (broad SMARTS) is 1. The standard InChI is InChI=1S/C13H19NO5S2/c1-4-20(17)6-5-14-21(18,19)12-8-11(13(15)16)9(2)7-10(12)3/h7-8,14H,4-6H2,1-3H3,(H,15,16). The molecule has 8 heteroatoms. The van der Waals surface area contributed by atoms with Gasteiger partial charge in [0.2, 0.25) is 10.0 Å². The number of carboxylic acids is 1. The summed E-state index contributed by atoms with van der Waals surface area (Å²) in [6.45, 7) is 5.04. The van der Waals surface area contributed by atoms with Crippen molar-refractivity contribution in [1.82, 2.24) is 4.72 Å². The van der Waals surface area contributed by atoms with Crippen molar-refractivity contribution in [3.8, 4) is 0 Å². The third-order valence-electron chi connectivity index (χ3n) is 2.99. The second-order valence-electron chi connectivity index (χ2n) is 4.57. The van der Waals surface area contributed by atoms with Crippen molar-refractivity contribution >= 4 is 26.8 Å². The molecule has 0 radical (unpaired) electrons. The van der Waals surface area contributed by atoms with Crippen molar-refractivity contribution in [2.45, 2.75) is 25.7 Å². The Morgan fingerprint density at radius 2 is 1.90 bits per heavy atom. The summed E-state index contributed by atoms with van der Waals surface area (Å²) >= 11 is 0. The van der Waals surface area contributed by atoms with Gasteiger partial charge in [0.15, 0.2) is 0 Å². The van der Waals surface area contributed by atoms with Gasteiger partial charge in [0.25, 0.3) is 0 Å². The molecule has 0 fully saturated rings. The normalized spacial score (nSPS) is 13.1. The highest BCUT2D eigenvalue weighted by Crippen LogP contribution is 2.20. The molecule has 2 N–H and O–H groups in total. The lowest BCUT2D eigenvalue weighted by molar-refractivity contribution is 0.0696. The number of nitrogens with one attached hydrogen (secondary N) is 1. The summed E-state index contributed by atoms with van der Waals surface area (Å²) in [5, 5.41) is 9.07. The maximum Gasteiger partial charge on any atom is 0.335 e. The second kappa shape index (κ2) is 7.15. The molecule has 0 aromatic heterocycles. The fraction of sp³-hybridized carbons (Fsp3) is 0.462. The number of benzene rings is 1. The van der Waals surface area contributed by atoms with Crippen molar-refractivity contribution in [1.29, 1.82) is 0 Å². The van der Waals surface area contributed by atoms with Gasteiger partial charge in [0.1, 0.15) is 0 Å². The van der Waals surface area contributed by atoms with Crippen LogP contribution in [0.4, 0.5) is 0 Å². The molecule has 0 heterocycles. The number of hydrogen-bond acceptors (Lipinski definition) is 4. The highest BCUT2D eigenvalue weighted by Gasteiger charge is 2.20. The van der Waals surface area contributed by atoms with Crippen molar-refractivity contribution in [3.05, 3.63) is 28.8 Å². The van der Waals surface area contributed by atoms with Gasteiger partial charge in [-0.2, -0.15) is 0 Å². The summed E-state index contributed by atoms with van der Waals surface area (Å²) in [4.78, 5) is 11.0. The first-order valence-corrected chi connectivity index (χ1v) is 9.35. The molecule has 1 rings (SSSR count). The van der Waals surface area contributed by atoms with Gasteiger partial charge in [-0.1, -0.05) is 13.0 Å². The van der Waals surface area contributed by atoms with E-state index < -0.39 is 26.8 Å². The van der Waals surface area contributed by atoms with Gasteiger partial charge in [0, 0.05) is 28.9 Å². The summed E-state index contributed by atoms with van der Waals surface area (Å²) in [5.74, 6) is -0.475. The van der Waals surface area contributed by atoms with Crippen LogP contribution in [0.2, 0.25) is 0 Å². The van der Waals surface area contributed by atoms with Crippen molar-refractivity contribution in [3.63, 3.8) is 0 Å². The van der Waals surface area contributed by atoms with E-state index in [4.69, 9.17) is 5.11 Å². The van der Waals surface area contributed by atoms with Gasteiger partial charge < -0.3 is 5.11 Å². The average molecular weight is 333 g/mol. The molecular formula is C13H19NO5S2. The van der Waals surface area contributed by atoms with E-state index in [1.165, 1.54) is 6.07 Å². The lowest BCUT2D eigenvalue weighted by Gasteiger charge is -2.11. The first-order valence-electron chi connectivity index (χ1n) is 6.38.